The molecule has 0 aliphatic rings. The third-order valence-corrected chi connectivity index (χ3v) is 2.75. The van der Waals surface area contributed by atoms with Crippen molar-refractivity contribution >= 4 is 23.3 Å². The highest BCUT2D eigenvalue weighted by atomic mass is 35.5. The lowest BCUT2D eigenvalue weighted by atomic mass is 9.99. The number of rotatable bonds is 4. The number of aromatic amines is 1. The molecule has 1 atom stereocenters. The highest BCUT2D eigenvalue weighted by molar-refractivity contribution is 5.85. The van der Waals surface area contributed by atoms with Crippen molar-refractivity contribution in [2.24, 2.45) is 11.5 Å². The fourth-order valence-corrected chi connectivity index (χ4v) is 1.93. The highest BCUT2D eigenvalue weighted by Gasteiger charge is 2.09. The summed E-state index contributed by atoms with van der Waals surface area (Å²) in [5.74, 6) is 0. The molecule has 2 rings (SSSR count). The minimum atomic E-state index is 0. The molecule has 88 valence electrons. The maximum Gasteiger partial charge on any atom is 0.0457 e. The molecule has 0 saturated heterocycles. The lowest BCUT2D eigenvalue weighted by Gasteiger charge is -2.12. The molecule has 4 heteroatoms. The Morgan fingerprint density at radius 3 is 2.81 bits per heavy atom. The van der Waals surface area contributed by atoms with Gasteiger partial charge in [-0.3, -0.25) is 0 Å². The van der Waals surface area contributed by atoms with E-state index in [0.717, 1.165) is 18.4 Å². The van der Waals surface area contributed by atoms with E-state index >= 15 is 0 Å². The summed E-state index contributed by atoms with van der Waals surface area (Å²) in [4.78, 5) is 3.19. The number of aromatic nitrogens is 1. The van der Waals surface area contributed by atoms with Crippen molar-refractivity contribution in [2.75, 3.05) is 6.54 Å². The number of H-pyrrole nitrogens is 1. The standard InChI is InChI=1S/C12H17N3.ClH/c13-7-2-4-11(14)9-3-1-5-12-10(9)6-8-15-12;/h1,3,5-6,8,11,15H,2,4,7,13-14H2;1H/t11-;/m0./s1. The summed E-state index contributed by atoms with van der Waals surface area (Å²) in [6.45, 7) is 0.705. The van der Waals surface area contributed by atoms with E-state index in [1.807, 2.05) is 12.3 Å². The number of hydrogen-bond acceptors (Lipinski definition) is 2. The first kappa shape index (κ1) is 13.0. The van der Waals surface area contributed by atoms with Crippen LogP contribution in [-0.4, -0.2) is 11.5 Å². The van der Waals surface area contributed by atoms with Crippen molar-refractivity contribution in [2.45, 2.75) is 18.9 Å². The van der Waals surface area contributed by atoms with Crippen LogP contribution in [0.15, 0.2) is 30.5 Å². The van der Waals surface area contributed by atoms with E-state index in [2.05, 4.69) is 23.2 Å². The Labute approximate surface area is 102 Å². The third kappa shape index (κ3) is 2.55. The van der Waals surface area contributed by atoms with Crippen LogP contribution in [0.1, 0.15) is 24.4 Å². The minimum absolute atomic E-state index is 0. The zero-order chi connectivity index (χ0) is 10.7. The van der Waals surface area contributed by atoms with Crippen molar-refractivity contribution in [3.63, 3.8) is 0 Å². The maximum absolute atomic E-state index is 6.14. The molecule has 0 spiro atoms. The summed E-state index contributed by atoms with van der Waals surface area (Å²) < 4.78 is 0. The first-order valence-corrected chi connectivity index (χ1v) is 5.34. The van der Waals surface area contributed by atoms with Gasteiger partial charge in [-0.05, 0) is 37.1 Å². The normalized spacial score (nSPS) is 12.4. The number of halogens is 1. The second-order valence-electron chi connectivity index (χ2n) is 3.82. The molecule has 0 aliphatic heterocycles. The molecule has 1 aromatic heterocycles. The molecular formula is C12H18ClN3. The maximum atomic E-state index is 6.14. The van der Waals surface area contributed by atoms with Crippen LogP contribution >= 0.6 is 12.4 Å². The van der Waals surface area contributed by atoms with Crippen LogP contribution in [0.25, 0.3) is 10.9 Å². The van der Waals surface area contributed by atoms with Gasteiger partial charge in [0.1, 0.15) is 0 Å². The highest BCUT2D eigenvalue weighted by Crippen LogP contribution is 2.24. The lowest BCUT2D eigenvalue weighted by Crippen LogP contribution is -2.12. The fourth-order valence-electron chi connectivity index (χ4n) is 1.93. The Morgan fingerprint density at radius 2 is 2.06 bits per heavy atom. The fraction of sp³-hybridized carbons (Fsp3) is 0.333. The predicted molar refractivity (Wildman–Crippen MR) is 70.8 cm³/mol. The summed E-state index contributed by atoms with van der Waals surface area (Å²) in [5, 5.41) is 1.22. The molecule has 1 aromatic carbocycles. The van der Waals surface area contributed by atoms with Crippen LogP contribution in [-0.2, 0) is 0 Å². The van der Waals surface area contributed by atoms with Gasteiger partial charge in [0.2, 0.25) is 0 Å². The van der Waals surface area contributed by atoms with Crippen molar-refractivity contribution in [3.8, 4) is 0 Å². The van der Waals surface area contributed by atoms with Crippen LogP contribution in [0, 0.1) is 0 Å². The van der Waals surface area contributed by atoms with Crippen LogP contribution in [0.3, 0.4) is 0 Å². The van der Waals surface area contributed by atoms with E-state index in [-0.39, 0.29) is 18.4 Å². The molecular weight excluding hydrogens is 222 g/mol. The summed E-state index contributed by atoms with van der Waals surface area (Å²) in [6, 6.07) is 8.36. The number of nitrogens with two attached hydrogens (primary N) is 2. The van der Waals surface area contributed by atoms with Gasteiger partial charge < -0.3 is 16.5 Å². The smallest absolute Gasteiger partial charge is 0.0457 e. The largest absolute Gasteiger partial charge is 0.361 e. The first-order valence-electron chi connectivity index (χ1n) is 5.34. The second kappa shape index (κ2) is 5.89. The second-order valence-corrected chi connectivity index (χ2v) is 3.82. The zero-order valence-electron chi connectivity index (χ0n) is 9.15. The van der Waals surface area contributed by atoms with Gasteiger partial charge >= 0.3 is 0 Å². The SMILES string of the molecule is Cl.NCCC[C@H](N)c1cccc2[nH]ccc12. The first-order chi connectivity index (χ1) is 7.33. The van der Waals surface area contributed by atoms with Gasteiger partial charge in [-0.25, -0.2) is 0 Å². The molecule has 0 fully saturated rings. The van der Waals surface area contributed by atoms with Crippen molar-refractivity contribution in [1.29, 1.82) is 0 Å². The Bertz CT molecular complexity index is 439. The van der Waals surface area contributed by atoms with Gasteiger partial charge in [-0.15, -0.1) is 12.4 Å². The van der Waals surface area contributed by atoms with E-state index < -0.39 is 0 Å². The Kier molecular flexibility index (Phi) is 4.80. The lowest BCUT2D eigenvalue weighted by molar-refractivity contribution is 0.621. The number of fused-ring (bicyclic) bond motifs is 1. The molecule has 16 heavy (non-hydrogen) atoms. The summed E-state index contributed by atoms with van der Waals surface area (Å²) in [7, 11) is 0. The van der Waals surface area contributed by atoms with E-state index in [1.54, 1.807) is 0 Å². The van der Waals surface area contributed by atoms with Gasteiger partial charge in [0.05, 0.1) is 0 Å². The van der Waals surface area contributed by atoms with Gasteiger partial charge in [0.15, 0.2) is 0 Å². The molecule has 0 amide bonds. The van der Waals surface area contributed by atoms with Crippen molar-refractivity contribution in [1.82, 2.24) is 4.98 Å². The quantitative estimate of drug-likeness (QED) is 0.767. The molecule has 5 N–H and O–H groups in total. The summed E-state index contributed by atoms with van der Waals surface area (Å²) >= 11 is 0. The van der Waals surface area contributed by atoms with Gasteiger partial charge in [0, 0.05) is 23.1 Å². The van der Waals surface area contributed by atoms with E-state index in [1.165, 1.54) is 10.9 Å². The van der Waals surface area contributed by atoms with Crippen LogP contribution in [0.4, 0.5) is 0 Å². The van der Waals surface area contributed by atoms with Crippen LogP contribution < -0.4 is 11.5 Å². The molecule has 3 nitrogen and oxygen atoms in total. The van der Waals surface area contributed by atoms with Gasteiger partial charge in [-0.1, -0.05) is 12.1 Å². The monoisotopic (exact) mass is 239 g/mol. The Morgan fingerprint density at radius 1 is 1.25 bits per heavy atom. The number of benzene rings is 1. The summed E-state index contributed by atoms with van der Waals surface area (Å²) in [6.07, 6.45) is 3.87. The molecule has 1 heterocycles. The van der Waals surface area contributed by atoms with E-state index in [9.17, 15) is 0 Å². The average molecular weight is 240 g/mol. The molecule has 2 aromatic rings. The van der Waals surface area contributed by atoms with Gasteiger partial charge in [0.25, 0.3) is 0 Å². The topological polar surface area (TPSA) is 67.8 Å². The minimum Gasteiger partial charge on any atom is -0.361 e. The van der Waals surface area contributed by atoms with Crippen molar-refractivity contribution < 1.29 is 0 Å². The molecule has 0 radical (unpaired) electrons. The Hall–Kier alpha value is -1.03. The molecule has 0 unspecified atom stereocenters. The average Bonchev–Trinajstić information content (AvgIpc) is 2.73. The molecule has 0 bridgehead atoms. The number of nitrogens with one attached hydrogen (secondary N) is 1. The summed E-state index contributed by atoms with van der Waals surface area (Å²) in [5.41, 5.74) is 14.0. The Balaban J connectivity index is 0.00000128. The van der Waals surface area contributed by atoms with E-state index in [0.29, 0.717) is 6.54 Å². The predicted octanol–water partition coefficient (Wildman–Crippen LogP) is 2.33. The third-order valence-electron chi connectivity index (χ3n) is 2.75. The van der Waals surface area contributed by atoms with Crippen molar-refractivity contribution in [3.05, 3.63) is 36.0 Å². The van der Waals surface area contributed by atoms with Crippen LogP contribution in [0.2, 0.25) is 0 Å². The van der Waals surface area contributed by atoms with E-state index in [4.69, 9.17) is 11.5 Å². The van der Waals surface area contributed by atoms with Gasteiger partial charge in [-0.2, -0.15) is 0 Å². The van der Waals surface area contributed by atoms with Crippen LogP contribution in [0.5, 0.6) is 0 Å². The zero-order valence-corrected chi connectivity index (χ0v) is 9.96. The number of hydrogen-bond donors (Lipinski definition) is 3. The molecule has 0 saturated carbocycles. The molecule has 0 aliphatic carbocycles.